The van der Waals surface area contributed by atoms with Gasteiger partial charge in [-0.05, 0) is 55.9 Å². The van der Waals surface area contributed by atoms with Crippen LogP contribution in [0.3, 0.4) is 0 Å². The first kappa shape index (κ1) is 22.4. The second kappa shape index (κ2) is 9.09. The summed E-state index contributed by atoms with van der Waals surface area (Å²) in [7, 11) is 0. The van der Waals surface area contributed by atoms with Crippen molar-refractivity contribution in [1.29, 1.82) is 0 Å². The quantitative estimate of drug-likeness (QED) is 0.416. The van der Waals surface area contributed by atoms with E-state index in [2.05, 4.69) is 22.9 Å². The summed E-state index contributed by atoms with van der Waals surface area (Å²) in [6.45, 7) is 4.64. The molecule has 0 unspecified atom stereocenters. The highest BCUT2D eigenvalue weighted by Gasteiger charge is 2.22. The molecule has 1 saturated carbocycles. The van der Waals surface area contributed by atoms with Crippen molar-refractivity contribution >= 4 is 28.4 Å². The molecule has 2 N–H and O–H groups in total. The van der Waals surface area contributed by atoms with Gasteiger partial charge < -0.3 is 15.0 Å². The van der Waals surface area contributed by atoms with Gasteiger partial charge in [0.15, 0.2) is 5.78 Å². The van der Waals surface area contributed by atoms with Gasteiger partial charge in [-0.3, -0.25) is 9.78 Å². The Labute approximate surface area is 199 Å². The van der Waals surface area contributed by atoms with E-state index in [-0.39, 0.29) is 11.8 Å². The number of aromatic nitrogens is 2. The molecular weight excluding hydrogens is 426 g/mol. The Bertz CT molecular complexity index is 1310. The number of nitrogens with two attached hydrogens (primary N) is 1. The zero-order chi connectivity index (χ0) is 23.8. The molecule has 1 fully saturated rings. The van der Waals surface area contributed by atoms with Gasteiger partial charge in [-0.15, -0.1) is 0 Å². The lowest BCUT2D eigenvalue weighted by Crippen LogP contribution is -2.17. The molecule has 34 heavy (non-hydrogen) atoms. The minimum atomic E-state index is -0.254. The molecule has 0 radical (unpaired) electrons. The first-order valence-corrected chi connectivity index (χ1v) is 12.2. The van der Waals surface area contributed by atoms with Crippen LogP contribution in [0, 0.1) is 5.92 Å². The van der Waals surface area contributed by atoms with Crippen molar-refractivity contribution < 1.29 is 14.3 Å². The lowest BCUT2D eigenvalue weighted by molar-refractivity contribution is -0.111. The fourth-order valence-electron chi connectivity index (χ4n) is 5.52. The molecule has 0 bridgehead atoms. The van der Waals surface area contributed by atoms with E-state index < -0.39 is 0 Å². The number of benzene rings is 1. The molecule has 0 spiro atoms. The average molecular weight is 458 g/mol. The van der Waals surface area contributed by atoms with Crippen LogP contribution in [0.2, 0.25) is 0 Å². The van der Waals surface area contributed by atoms with Gasteiger partial charge in [-0.25, -0.2) is 4.79 Å². The second-order valence-electron chi connectivity index (χ2n) is 9.66. The van der Waals surface area contributed by atoms with Gasteiger partial charge in [-0.2, -0.15) is 0 Å². The summed E-state index contributed by atoms with van der Waals surface area (Å²) in [6, 6.07) is 7.98. The van der Waals surface area contributed by atoms with Gasteiger partial charge in [0, 0.05) is 47.8 Å². The summed E-state index contributed by atoms with van der Waals surface area (Å²) < 4.78 is 7.49. The third kappa shape index (κ3) is 4.13. The number of esters is 1. The van der Waals surface area contributed by atoms with Crippen molar-refractivity contribution in [2.75, 3.05) is 6.61 Å². The van der Waals surface area contributed by atoms with Crippen LogP contribution in [0.4, 0.5) is 0 Å². The van der Waals surface area contributed by atoms with Gasteiger partial charge in [-0.1, -0.05) is 31.4 Å². The van der Waals surface area contributed by atoms with Crippen LogP contribution in [0.5, 0.6) is 0 Å². The number of allylic oxidation sites excluding steroid dienone is 2. The van der Waals surface area contributed by atoms with E-state index in [9.17, 15) is 9.59 Å². The van der Waals surface area contributed by atoms with Crippen LogP contribution in [0.25, 0.3) is 27.7 Å². The number of rotatable bonds is 5. The summed E-state index contributed by atoms with van der Waals surface area (Å²) in [6.07, 6.45) is 11.0. The molecular formula is C28H31N3O3. The largest absolute Gasteiger partial charge is 0.462 e. The molecule has 0 saturated heterocycles. The maximum absolute atomic E-state index is 12.3. The minimum absolute atomic E-state index is 0.0617. The molecule has 2 aromatic heterocycles. The molecule has 1 aliphatic carbocycles. The zero-order valence-electron chi connectivity index (χ0n) is 19.9. The maximum Gasteiger partial charge on any atom is 0.338 e. The number of carbonyl (C=O) groups excluding carboxylic acids is 2. The SMILES string of the molecule is CC(=O)C(=C(C)N)c1cnc2c(-c3ccc4c(c3)CCOC4=O)cn(CC3CCCCC3)c2c1. The third-order valence-electron chi connectivity index (χ3n) is 7.17. The number of carbonyl (C=O) groups is 2. The molecule has 176 valence electrons. The summed E-state index contributed by atoms with van der Waals surface area (Å²) in [5, 5.41) is 0. The first-order valence-electron chi connectivity index (χ1n) is 12.2. The summed E-state index contributed by atoms with van der Waals surface area (Å²) in [4.78, 5) is 29.2. The Morgan fingerprint density at radius 3 is 2.68 bits per heavy atom. The molecule has 2 aliphatic rings. The lowest BCUT2D eigenvalue weighted by Gasteiger charge is -2.22. The standard InChI is InChI=1S/C28H31N3O3/c1-17(29)26(18(2)32)22-13-25-27(30-14-22)24(16-31(25)15-19-6-4-3-5-7-19)20-8-9-23-21(12-20)10-11-34-28(23)33/h8-9,12-14,16,19H,3-7,10-11,15,29H2,1-2H3. The highest BCUT2D eigenvalue weighted by molar-refractivity contribution is 6.20. The molecule has 1 aliphatic heterocycles. The van der Waals surface area contributed by atoms with Gasteiger partial charge in [0.25, 0.3) is 0 Å². The fourth-order valence-corrected chi connectivity index (χ4v) is 5.52. The van der Waals surface area contributed by atoms with E-state index >= 15 is 0 Å². The molecule has 3 heterocycles. The number of pyridine rings is 1. The van der Waals surface area contributed by atoms with Gasteiger partial charge in [0.2, 0.25) is 0 Å². The van der Waals surface area contributed by atoms with E-state index in [1.54, 1.807) is 20.0 Å². The number of hydrogen-bond acceptors (Lipinski definition) is 5. The van der Waals surface area contributed by atoms with Gasteiger partial charge in [0.1, 0.15) is 0 Å². The van der Waals surface area contributed by atoms with E-state index in [0.717, 1.165) is 46.3 Å². The molecule has 5 rings (SSSR count). The molecule has 6 nitrogen and oxygen atoms in total. The molecule has 0 atom stereocenters. The topological polar surface area (TPSA) is 87.2 Å². The van der Waals surface area contributed by atoms with E-state index in [1.165, 1.54) is 32.1 Å². The predicted octanol–water partition coefficient (Wildman–Crippen LogP) is 5.28. The van der Waals surface area contributed by atoms with E-state index in [0.29, 0.717) is 29.4 Å². The van der Waals surface area contributed by atoms with Crippen molar-refractivity contribution in [1.82, 2.24) is 9.55 Å². The molecule has 0 amide bonds. The van der Waals surface area contributed by atoms with Crippen LogP contribution in [-0.4, -0.2) is 27.9 Å². The molecule has 6 heteroatoms. The molecule has 3 aromatic rings. The fraction of sp³-hybridized carbons (Fsp3) is 0.393. The normalized spacial score (nSPS) is 17.3. The van der Waals surface area contributed by atoms with Crippen molar-refractivity contribution in [3.05, 3.63) is 59.0 Å². The first-order chi connectivity index (χ1) is 16.4. The summed E-state index contributed by atoms with van der Waals surface area (Å²) in [5.41, 5.74) is 13.5. The molecule has 1 aromatic carbocycles. The second-order valence-corrected chi connectivity index (χ2v) is 9.66. The number of ether oxygens (including phenoxy) is 1. The smallest absolute Gasteiger partial charge is 0.338 e. The van der Waals surface area contributed by atoms with Crippen molar-refractivity contribution in [2.45, 2.75) is 58.9 Å². The van der Waals surface area contributed by atoms with Crippen LogP contribution in [0.1, 0.15) is 67.4 Å². The number of hydrogen-bond donors (Lipinski definition) is 1. The number of fused-ring (bicyclic) bond motifs is 2. The average Bonchev–Trinajstić information content (AvgIpc) is 3.17. The van der Waals surface area contributed by atoms with E-state index in [1.807, 2.05) is 12.1 Å². The summed E-state index contributed by atoms with van der Waals surface area (Å²) in [5.74, 6) is 0.322. The number of cyclic esters (lactones) is 1. The Balaban J connectivity index is 1.64. The Morgan fingerprint density at radius 2 is 1.94 bits per heavy atom. The Morgan fingerprint density at radius 1 is 1.15 bits per heavy atom. The van der Waals surface area contributed by atoms with Gasteiger partial charge >= 0.3 is 5.97 Å². The minimum Gasteiger partial charge on any atom is -0.462 e. The van der Waals surface area contributed by atoms with Crippen molar-refractivity contribution in [2.24, 2.45) is 11.7 Å². The van der Waals surface area contributed by atoms with Crippen molar-refractivity contribution in [3.63, 3.8) is 0 Å². The predicted molar refractivity (Wildman–Crippen MR) is 133 cm³/mol. The highest BCUT2D eigenvalue weighted by Crippen LogP contribution is 2.35. The Hall–Kier alpha value is -3.41. The van der Waals surface area contributed by atoms with Crippen molar-refractivity contribution in [3.8, 4) is 11.1 Å². The van der Waals surface area contributed by atoms with Crippen LogP contribution >= 0.6 is 0 Å². The third-order valence-corrected chi connectivity index (χ3v) is 7.17. The lowest BCUT2D eigenvalue weighted by atomic mass is 9.89. The number of nitrogens with zero attached hydrogens (tertiary/aromatic N) is 2. The maximum atomic E-state index is 12.3. The Kier molecular flexibility index (Phi) is 5.98. The van der Waals surface area contributed by atoms with Crippen LogP contribution in [0.15, 0.2) is 42.4 Å². The highest BCUT2D eigenvalue weighted by atomic mass is 16.5. The number of ketones is 1. The monoisotopic (exact) mass is 457 g/mol. The number of Topliss-reactive ketones (excluding diaryl/α,β-unsaturated/α-hetero) is 1. The van der Waals surface area contributed by atoms with Crippen LogP contribution in [-0.2, 0) is 22.5 Å². The summed E-state index contributed by atoms with van der Waals surface area (Å²) >= 11 is 0. The van der Waals surface area contributed by atoms with Gasteiger partial charge in [0.05, 0.1) is 23.2 Å². The zero-order valence-corrected chi connectivity index (χ0v) is 19.9. The van der Waals surface area contributed by atoms with E-state index in [4.69, 9.17) is 15.5 Å². The van der Waals surface area contributed by atoms with Crippen LogP contribution < -0.4 is 5.73 Å².